The van der Waals surface area contributed by atoms with Gasteiger partial charge < -0.3 is 0 Å². The molecule has 1 N–H and O–H groups in total. The van der Waals surface area contributed by atoms with Crippen molar-refractivity contribution in [3.8, 4) is 0 Å². The van der Waals surface area contributed by atoms with Gasteiger partial charge in [-0.25, -0.2) is 5.43 Å². The van der Waals surface area contributed by atoms with E-state index in [2.05, 4.69) is 41.7 Å². The van der Waals surface area contributed by atoms with Crippen molar-refractivity contribution in [1.29, 1.82) is 0 Å². The van der Waals surface area contributed by atoms with Gasteiger partial charge in [-0.15, -0.1) is 23.5 Å². The van der Waals surface area contributed by atoms with Crippen LogP contribution in [0, 0.1) is 6.92 Å². The first-order valence-corrected chi connectivity index (χ1v) is 9.64. The zero-order valence-corrected chi connectivity index (χ0v) is 14.9. The van der Waals surface area contributed by atoms with E-state index in [0.717, 1.165) is 11.3 Å². The van der Waals surface area contributed by atoms with E-state index in [0.29, 0.717) is 5.75 Å². The van der Waals surface area contributed by atoms with Crippen LogP contribution in [0.5, 0.6) is 0 Å². The summed E-state index contributed by atoms with van der Waals surface area (Å²) in [7, 11) is 0. The van der Waals surface area contributed by atoms with Gasteiger partial charge in [0.25, 0.3) is 0 Å². The van der Waals surface area contributed by atoms with Gasteiger partial charge in [-0.2, -0.15) is 5.10 Å². The highest BCUT2D eigenvalue weighted by Crippen LogP contribution is 2.14. The Morgan fingerprint density at radius 1 is 1.13 bits per heavy atom. The number of amides is 1. The molecule has 0 bridgehead atoms. The summed E-state index contributed by atoms with van der Waals surface area (Å²) in [4.78, 5) is 12.9. The fourth-order valence-electron chi connectivity index (χ4n) is 1.85. The van der Waals surface area contributed by atoms with Crippen LogP contribution in [-0.2, 0) is 10.5 Å². The topological polar surface area (TPSA) is 41.5 Å². The van der Waals surface area contributed by atoms with Crippen molar-refractivity contribution in [2.24, 2.45) is 5.10 Å². The largest absolute Gasteiger partial charge is 0.272 e. The molecular weight excluding hydrogens is 324 g/mol. The molecule has 120 valence electrons. The number of rotatable bonds is 7. The third-order valence-corrected chi connectivity index (χ3v) is 4.89. The van der Waals surface area contributed by atoms with Crippen LogP contribution in [0.3, 0.4) is 0 Å². The molecule has 0 spiro atoms. The average molecular weight is 345 g/mol. The first-order chi connectivity index (χ1) is 11.2. The number of hydrogen-bond donors (Lipinski definition) is 1. The Balaban J connectivity index is 1.69. The lowest BCUT2D eigenvalue weighted by molar-refractivity contribution is -0.118. The van der Waals surface area contributed by atoms with Crippen molar-refractivity contribution >= 4 is 35.6 Å². The Hall–Kier alpha value is -1.72. The van der Waals surface area contributed by atoms with Gasteiger partial charge in [0.2, 0.25) is 5.91 Å². The van der Waals surface area contributed by atoms with Crippen molar-refractivity contribution < 1.29 is 4.79 Å². The standard InChI is InChI=1S/C18H20N2OS2/c1-14-3-5-16(6-4-14)12-23-13-18(21)20-19-11-15-7-9-17(22-2)10-8-15/h3-11H,12-13H2,1-2H3,(H,20,21)/b19-11+. The highest BCUT2D eigenvalue weighted by molar-refractivity contribution is 7.99. The minimum absolute atomic E-state index is 0.0842. The van der Waals surface area contributed by atoms with E-state index in [-0.39, 0.29) is 5.91 Å². The lowest BCUT2D eigenvalue weighted by Crippen LogP contribution is -2.19. The van der Waals surface area contributed by atoms with E-state index in [4.69, 9.17) is 0 Å². The van der Waals surface area contributed by atoms with Crippen molar-refractivity contribution in [2.45, 2.75) is 17.6 Å². The smallest absolute Gasteiger partial charge is 0.250 e. The Labute approximate surface area is 146 Å². The second-order valence-corrected chi connectivity index (χ2v) is 6.91. The van der Waals surface area contributed by atoms with Crippen LogP contribution in [-0.4, -0.2) is 24.1 Å². The quantitative estimate of drug-likeness (QED) is 0.467. The molecule has 0 atom stereocenters. The fourth-order valence-corrected chi connectivity index (χ4v) is 3.04. The molecule has 1 amide bonds. The van der Waals surface area contributed by atoms with Crippen LogP contribution in [0.4, 0.5) is 0 Å². The molecule has 23 heavy (non-hydrogen) atoms. The molecule has 0 saturated carbocycles. The van der Waals surface area contributed by atoms with Gasteiger partial charge >= 0.3 is 0 Å². The first-order valence-electron chi connectivity index (χ1n) is 7.26. The number of benzene rings is 2. The summed E-state index contributed by atoms with van der Waals surface area (Å²) < 4.78 is 0. The Morgan fingerprint density at radius 2 is 1.83 bits per heavy atom. The van der Waals surface area contributed by atoms with Gasteiger partial charge in [0.1, 0.15) is 0 Å². The average Bonchev–Trinajstić information content (AvgIpc) is 2.57. The van der Waals surface area contributed by atoms with Gasteiger partial charge in [-0.1, -0.05) is 42.0 Å². The third kappa shape index (κ3) is 6.50. The maximum Gasteiger partial charge on any atom is 0.250 e. The van der Waals surface area contributed by atoms with Crippen LogP contribution < -0.4 is 5.43 Å². The van der Waals surface area contributed by atoms with Gasteiger partial charge in [0.05, 0.1) is 12.0 Å². The molecule has 2 rings (SSSR count). The minimum Gasteiger partial charge on any atom is -0.272 e. The zero-order valence-electron chi connectivity index (χ0n) is 13.3. The Bertz CT molecular complexity index is 652. The molecule has 2 aromatic carbocycles. The lowest BCUT2D eigenvalue weighted by Gasteiger charge is -2.02. The molecule has 0 fully saturated rings. The van der Waals surface area contributed by atoms with E-state index in [1.165, 1.54) is 16.0 Å². The number of aryl methyl sites for hydroxylation is 1. The number of carbonyl (C=O) groups is 1. The van der Waals surface area contributed by atoms with E-state index >= 15 is 0 Å². The Kier molecular flexibility index (Phi) is 7.23. The van der Waals surface area contributed by atoms with Crippen LogP contribution >= 0.6 is 23.5 Å². The molecule has 3 nitrogen and oxygen atoms in total. The first kappa shape index (κ1) is 17.6. The van der Waals surface area contributed by atoms with Gasteiger partial charge in [-0.3, -0.25) is 4.79 Å². The number of nitrogens with one attached hydrogen (secondary N) is 1. The van der Waals surface area contributed by atoms with Crippen LogP contribution in [0.2, 0.25) is 0 Å². The number of hydrazone groups is 1. The third-order valence-electron chi connectivity index (χ3n) is 3.14. The summed E-state index contributed by atoms with van der Waals surface area (Å²) in [6.45, 7) is 2.07. The monoisotopic (exact) mass is 344 g/mol. The summed E-state index contributed by atoms with van der Waals surface area (Å²) in [5.41, 5.74) is 6.00. The molecule has 0 aromatic heterocycles. The minimum atomic E-state index is -0.0842. The maximum absolute atomic E-state index is 11.7. The molecule has 0 aliphatic carbocycles. The molecule has 5 heteroatoms. The maximum atomic E-state index is 11.7. The molecule has 0 aliphatic heterocycles. The molecule has 2 aromatic rings. The van der Waals surface area contributed by atoms with E-state index in [1.54, 1.807) is 29.7 Å². The summed E-state index contributed by atoms with van der Waals surface area (Å²) in [5, 5.41) is 3.99. The van der Waals surface area contributed by atoms with Crippen LogP contribution in [0.25, 0.3) is 0 Å². The van der Waals surface area contributed by atoms with Gasteiger partial charge in [0.15, 0.2) is 0 Å². The van der Waals surface area contributed by atoms with Crippen molar-refractivity contribution in [3.63, 3.8) is 0 Å². The molecule has 0 aliphatic rings. The predicted octanol–water partition coefficient (Wildman–Crippen LogP) is 4.10. The lowest BCUT2D eigenvalue weighted by atomic mass is 10.2. The van der Waals surface area contributed by atoms with Gasteiger partial charge in [-0.05, 0) is 36.4 Å². The number of carbonyl (C=O) groups excluding carboxylic acids is 1. The van der Waals surface area contributed by atoms with Crippen molar-refractivity contribution in [2.75, 3.05) is 12.0 Å². The normalized spacial score (nSPS) is 10.9. The molecule has 0 saturated heterocycles. The second kappa shape index (κ2) is 9.43. The summed E-state index contributed by atoms with van der Waals surface area (Å²) in [5.74, 6) is 1.14. The summed E-state index contributed by atoms with van der Waals surface area (Å²) in [6.07, 6.45) is 3.70. The zero-order chi connectivity index (χ0) is 16.5. The molecule has 0 unspecified atom stereocenters. The SMILES string of the molecule is CSc1ccc(/C=N/NC(=O)CSCc2ccc(C)cc2)cc1. The van der Waals surface area contributed by atoms with Gasteiger partial charge in [0, 0.05) is 10.6 Å². The van der Waals surface area contributed by atoms with Crippen molar-refractivity contribution in [1.82, 2.24) is 5.43 Å². The predicted molar refractivity (Wildman–Crippen MR) is 101 cm³/mol. The Morgan fingerprint density at radius 3 is 2.48 bits per heavy atom. The van der Waals surface area contributed by atoms with E-state index in [1.807, 2.05) is 30.5 Å². The number of nitrogens with zero attached hydrogens (tertiary/aromatic N) is 1. The molecular formula is C18H20N2OS2. The van der Waals surface area contributed by atoms with Crippen LogP contribution in [0.1, 0.15) is 16.7 Å². The van der Waals surface area contributed by atoms with E-state index < -0.39 is 0 Å². The highest BCUT2D eigenvalue weighted by Gasteiger charge is 2.00. The number of thioether (sulfide) groups is 2. The van der Waals surface area contributed by atoms with Crippen LogP contribution in [0.15, 0.2) is 58.5 Å². The summed E-state index contributed by atoms with van der Waals surface area (Å²) in [6, 6.07) is 16.4. The second-order valence-electron chi connectivity index (χ2n) is 5.04. The van der Waals surface area contributed by atoms with Crippen molar-refractivity contribution in [3.05, 3.63) is 65.2 Å². The van der Waals surface area contributed by atoms with E-state index in [9.17, 15) is 4.79 Å². The molecule has 0 radical (unpaired) electrons. The number of hydrogen-bond acceptors (Lipinski definition) is 4. The summed E-state index contributed by atoms with van der Waals surface area (Å²) >= 11 is 3.28. The molecule has 0 heterocycles. The fraction of sp³-hybridized carbons (Fsp3) is 0.222. The highest BCUT2D eigenvalue weighted by atomic mass is 32.2.